The Morgan fingerprint density at radius 2 is 0.545 bits per heavy atom. The number of rotatable bonds is 0. The third kappa shape index (κ3) is 24.4. The molecule has 9 aliphatic rings. The van der Waals surface area contributed by atoms with E-state index < -0.39 is 0 Å². The highest BCUT2D eigenvalue weighted by Crippen LogP contribution is 2.42. The minimum atomic E-state index is 0. The van der Waals surface area contributed by atoms with Gasteiger partial charge in [-0.2, -0.15) is 0 Å². The Morgan fingerprint density at radius 3 is 0.764 bits per heavy atom. The summed E-state index contributed by atoms with van der Waals surface area (Å²) in [5, 5.41) is 0. The number of hydrogen-bond donors (Lipinski definition) is 0. The van der Waals surface area contributed by atoms with Crippen LogP contribution >= 0.6 is 0 Å². The quantitative estimate of drug-likeness (QED) is 0.242. The second-order valence-electron chi connectivity index (χ2n) is 19.4. The first-order valence-corrected chi connectivity index (χ1v) is 23.4. The van der Waals surface area contributed by atoms with Crippen LogP contribution in [0.4, 0.5) is 0 Å². The first kappa shape index (κ1) is 52.7. The highest BCUT2D eigenvalue weighted by atomic mass is 15.2. The monoisotopic (exact) mass is 778 g/mol. The van der Waals surface area contributed by atoms with E-state index in [9.17, 15) is 0 Å². The molecule has 7 aliphatic heterocycles. The fourth-order valence-electron chi connectivity index (χ4n) is 10.3. The number of nitrogens with zero attached hydrogens (tertiary/aromatic N) is 7. The van der Waals surface area contributed by atoms with Crippen LogP contribution in [0.1, 0.15) is 156 Å². The molecule has 0 amide bonds. The van der Waals surface area contributed by atoms with Crippen LogP contribution < -0.4 is 0 Å². The maximum absolute atomic E-state index is 2.48. The summed E-state index contributed by atoms with van der Waals surface area (Å²) in [5.74, 6) is 2.16. The van der Waals surface area contributed by atoms with Crippen LogP contribution in [-0.4, -0.2) is 175 Å². The summed E-state index contributed by atoms with van der Waals surface area (Å²) >= 11 is 0. The average molecular weight is 778 g/mol. The fraction of sp³-hybridized carbons (Fsp3) is 1.00. The van der Waals surface area contributed by atoms with E-state index in [-0.39, 0.29) is 14.9 Å². The van der Waals surface area contributed by atoms with Crippen LogP contribution in [0.25, 0.3) is 0 Å². The molecular weight excluding hydrogens is 675 g/mol. The summed E-state index contributed by atoms with van der Waals surface area (Å²) < 4.78 is 0. The lowest BCUT2D eigenvalue weighted by atomic mass is 9.69. The van der Waals surface area contributed by atoms with E-state index in [0.717, 1.165) is 17.3 Å². The molecule has 9 fully saturated rings. The van der Waals surface area contributed by atoms with Gasteiger partial charge in [0.1, 0.15) is 0 Å². The SMILES string of the molecule is C.C.CN1CC2(CCCCC2)C1.CN1CC2CCCC2C1.CN1CCCC1.CN1CCCCC1.CN1CCCCC1.CN1CCCCC1.CN1CCCCC1. The predicted molar refractivity (Wildman–Crippen MR) is 247 cm³/mol. The summed E-state index contributed by atoms with van der Waals surface area (Å²) in [4.78, 5) is 16.9. The molecule has 55 heavy (non-hydrogen) atoms. The summed E-state index contributed by atoms with van der Waals surface area (Å²) in [5.41, 5.74) is 0.799. The van der Waals surface area contributed by atoms with Crippen LogP contribution in [0, 0.1) is 17.3 Å². The van der Waals surface area contributed by atoms with Crippen molar-refractivity contribution in [2.24, 2.45) is 17.3 Å². The van der Waals surface area contributed by atoms with Gasteiger partial charge in [-0.3, -0.25) is 0 Å². The molecule has 0 aromatic carbocycles. The van der Waals surface area contributed by atoms with Gasteiger partial charge in [0.05, 0.1) is 0 Å². The summed E-state index contributed by atoms with van der Waals surface area (Å²) in [7, 11) is 15.4. The van der Waals surface area contributed by atoms with Crippen molar-refractivity contribution >= 4 is 0 Å². The highest BCUT2D eigenvalue weighted by molar-refractivity contribution is 4.94. The Bertz CT molecular complexity index is 744. The third-order valence-corrected chi connectivity index (χ3v) is 13.7. The van der Waals surface area contributed by atoms with Gasteiger partial charge in [-0.1, -0.05) is 66.2 Å². The van der Waals surface area contributed by atoms with Gasteiger partial charge in [0, 0.05) is 26.2 Å². The van der Waals surface area contributed by atoms with Crippen molar-refractivity contribution in [3.8, 4) is 0 Å². The molecule has 330 valence electrons. The Balaban J connectivity index is 0.000000321. The first-order valence-electron chi connectivity index (χ1n) is 23.4. The van der Waals surface area contributed by atoms with Crippen LogP contribution in [-0.2, 0) is 0 Å². The normalized spacial score (nSPS) is 28.6. The average Bonchev–Trinajstić information content (AvgIpc) is 3.90. The largest absolute Gasteiger partial charge is 0.306 e. The Hall–Kier alpha value is -0.280. The van der Waals surface area contributed by atoms with Crippen LogP contribution in [0.5, 0.6) is 0 Å². The lowest BCUT2D eigenvalue weighted by Gasteiger charge is -2.51. The number of hydrogen-bond acceptors (Lipinski definition) is 7. The topological polar surface area (TPSA) is 22.7 Å². The predicted octanol–water partition coefficient (Wildman–Crippen LogP) is 9.62. The van der Waals surface area contributed by atoms with Crippen molar-refractivity contribution in [1.29, 1.82) is 0 Å². The molecule has 2 saturated carbocycles. The molecule has 7 heterocycles. The molecule has 0 radical (unpaired) electrons. The minimum absolute atomic E-state index is 0. The van der Waals surface area contributed by atoms with Crippen molar-refractivity contribution in [3.05, 3.63) is 0 Å². The molecule has 0 aromatic heterocycles. The maximum Gasteiger partial charge on any atom is 0.00474 e. The highest BCUT2D eigenvalue weighted by Gasteiger charge is 2.41. The number of piperidine rings is 4. The molecule has 0 aromatic rings. The summed E-state index contributed by atoms with van der Waals surface area (Å²) in [6, 6.07) is 0. The van der Waals surface area contributed by atoms with Crippen molar-refractivity contribution in [2.45, 2.75) is 156 Å². The van der Waals surface area contributed by atoms with Gasteiger partial charge in [0.2, 0.25) is 0 Å². The van der Waals surface area contributed by atoms with Gasteiger partial charge in [-0.15, -0.1) is 0 Å². The molecule has 2 aliphatic carbocycles. The third-order valence-electron chi connectivity index (χ3n) is 13.7. The lowest BCUT2D eigenvalue weighted by Crippen LogP contribution is -2.54. The molecule has 9 rings (SSSR count). The molecule has 7 nitrogen and oxygen atoms in total. The van der Waals surface area contributed by atoms with E-state index >= 15 is 0 Å². The van der Waals surface area contributed by atoms with E-state index in [1.165, 1.54) is 233 Å². The zero-order valence-corrected chi connectivity index (χ0v) is 37.2. The van der Waals surface area contributed by atoms with Crippen molar-refractivity contribution in [2.75, 3.05) is 141 Å². The smallest absolute Gasteiger partial charge is 0.00474 e. The first-order chi connectivity index (χ1) is 25.6. The van der Waals surface area contributed by atoms with E-state index in [0.29, 0.717) is 0 Å². The molecule has 2 atom stereocenters. The van der Waals surface area contributed by atoms with Crippen molar-refractivity contribution < 1.29 is 0 Å². The van der Waals surface area contributed by atoms with Crippen LogP contribution in [0.3, 0.4) is 0 Å². The Morgan fingerprint density at radius 1 is 0.291 bits per heavy atom. The van der Waals surface area contributed by atoms with Crippen LogP contribution in [0.2, 0.25) is 0 Å². The van der Waals surface area contributed by atoms with Gasteiger partial charge < -0.3 is 34.3 Å². The maximum atomic E-state index is 2.48. The lowest BCUT2D eigenvalue weighted by molar-refractivity contribution is -0.00940. The van der Waals surface area contributed by atoms with Gasteiger partial charge in [-0.25, -0.2) is 0 Å². The zero-order chi connectivity index (χ0) is 38.2. The van der Waals surface area contributed by atoms with Crippen molar-refractivity contribution in [3.63, 3.8) is 0 Å². The molecule has 2 unspecified atom stereocenters. The van der Waals surface area contributed by atoms with Crippen molar-refractivity contribution in [1.82, 2.24) is 34.3 Å². The van der Waals surface area contributed by atoms with Gasteiger partial charge >= 0.3 is 0 Å². The van der Waals surface area contributed by atoms with E-state index in [1.807, 2.05) is 0 Å². The van der Waals surface area contributed by atoms with Gasteiger partial charge in [0.15, 0.2) is 0 Å². The van der Waals surface area contributed by atoms with Crippen LogP contribution in [0.15, 0.2) is 0 Å². The summed E-state index contributed by atoms with van der Waals surface area (Å²) in [6.07, 6.45) is 31.9. The fourth-order valence-corrected chi connectivity index (χ4v) is 10.3. The molecule has 1 spiro atoms. The van der Waals surface area contributed by atoms with Gasteiger partial charge in [0.25, 0.3) is 0 Å². The Labute approximate surface area is 347 Å². The second kappa shape index (κ2) is 31.6. The number of fused-ring (bicyclic) bond motifs is 1. The Kier molecular flexibility index (Phi) is 30.3. The zero-order valence-electron chi connectivity index (χ0n) is 37.2. The second-order valence-corrected chi connectivity index (χ2v) is 19.4. The number of likely N-dealkylation sites (tertiary alicyclic amines) is 7. The molecule has 7 heteroatoms. The van der Waals surface area contributed by atoms with Gasteiger partial charge in [-0.05, 0) is 222 Å². The minimum Gasteiger partial charge on any atom is -0.306 e. The molecule has 0 N–H and O–H groups in total. The standard InChI is InChI=1S/C9H17N.C8H15N.4C6H13N.C5H11N.2CH4/c1-10-7-9(8-10)5-3-2-4-6-9;1-9-5-7-3-2-4-8(7)6-9;4*1-7-5-3-2-4-6-7;1-6-4-2-3-5-6;;/h2-8H2,1H3;7-8H,2-6H2,1H3;4*2-6H2,1H3;2-5H2,1H3;2*1H4. The summed E-state index contributed by atoms with van der Waals surface area (Å²) in [6.45, 7) is 18.7. The molecule has 7 saturated heterocycles. The molecular formula is C48H103N7. The van der Waals surface area contributed by atoms with E-state index in [2.05, 4.69) is 83.6 Å². The van der Waals surface area contributed by atoms with E-state index in [1.54, 1.807) is 0 Å². The molecule has 0 bridgehead atoms. The van der Waals surface area contributed by atoms with E-state index in [4.69, 9.17) is 0 Å².